The van der Waals surface area contributed by atoms with E-state index in [1.165, 1.54) is 15.9 Å². The summed E-state index contributed by atoms with van der Waals surface area (Å²) in [5, 5.41) is 12.4. The van der Waals surface area contributed by atoms with Crippen LogP contribution in [0.3, 0.4) is 0 Å². The van der Waals surface area contributed by atoms with Crippen molar-refractivity contribution in [3.8, 4) is 11.1 Å². The van der Waals surface area contributed by atoms with Gasteiger partial charge in [0.25, 0.3) is 0 Å². The van der Waals surface area contributed by atoms with Gasteiger partial charge in [-0.3, -0.25) is 0 Å². The summed E-state index contributed by atoms with van der Waals surface area (Å²) in [4.78, 5) is 40.1. The third-order valence-electron chi connectivity index (χ3n) is 18.0. The highest BCUT2D eigenvalue weighted by Gasteiger charge is 2.52. The van der Waals surface area contributed by atoms with Crippen molar-refractivity contribution < 1.29 is 78.1 Å². The Morgan fingerprint density at radius 1 is 0.564 bits per heavy atom. The molecule has 6 fully saturated rings. The van der Waals surface area contributed by atoms with E-state index >= 15 is 0 Å². The third kappa shape index (κ3) is 38.5. The predicted octanol–water partition coefficient (Wildman–Crippen LogP) is 15.8. The summed E-state index contributed by atoms with van der Waals surface area (Å²) >= 11 is 4.21. The van der Waals surface area contributed by atoms with E-state index in [0.717, 1.165) is 145 Å². The molecule has 12 N–H and O–H groups in total. The van der Waals surface area contributed by atoms with Crippen molar-refractivity contribution in [2.24, 2.45) is 17.6 Å². The number of nitrogens with zero attached hydrogens (tertiary/aromatic N) is 5. The first kappa shape index (κ1) is 98.7. The Kier molecular flexibility index (Phi) is 45.4. The predicted molar refractivity (Wildman–Crippen MR) is 447 cm³/mol. The van der Waals surface area contributed by atoms with Crippen LogP contribution in [0.1, 0.15) is 145 Å². The van der Waals surface area contributed by atoms with Crippen LogP contribution in [0.5, 0.6) is 0 Å². The van der Waals surface area contributed by atoms with E-state index in [4.69, 9.17) is 60.7 Å². The zero-order chi connectivity index (χ0) is 80.9. The molecule has 0 bridgehead atoms. The zero-order valence-corrected chi connectivity index (χ0v) is 71.1. The van der Waals surface area contributed by atoms with Gasteiger partial charge in [0.15, 0.2) is 0 Å². The molecule has 2 aromatic carbocycles. The Morgan fingerprint density at radius 3 is 1.42 bits per heavy atom. The molecule has 1 unspecified atom stereocenters. The van der Waals surface area contributed by atoms with Gasteiger partial charge in [-0.2, -0.15) is 44.2 Å². The standard InChI is InChI=1S/C24H30F3N5O2.C20H28BF3N2O3.C10H14IN3O.C5H4FIN2.C5H11NO.3C4H10O.H2S/c1-15-2-3-19(30-23(33)32-7-4-16(14-32)13-24(25,26)27)12-20(15)17-10-21(28)31-22(11-17)29-18-5-8-34-9-6-18;1-13-6-7-15(10-16(13)21-28-18(2,3)19(4,5)29-21)25-17(27)26-9-8-14(12-26)11-20(22,23)24;11-7-4-9(12)14-10(5-7)13-8-2-1-3-15-6-8;6-4-1-3(7)2-5(8)9-4;6-5-1-3-7-4-2-5;3*1-3-5-4-2;/h2-3,10-12,16,18H,4-9,13-14H2,1H3,(H,30,33)(H3,28,29,31);6-7,10,14H,8-9,11-12H2,1-5H3,(H,25,27);4-5,8H,1-3,6H2,(H3,12,13,14);1-2H,(H2,8,9);5H,1-4,6H2;3*3-4H2,1-2H3;1H2/t16-;14-;;;;;;;/m00......./s1. The maximum absolute atomic E-state index is 12.7. The minimum atomic E-state index is -4.21. The first-order valence-electron chi connectivity index (χ1n) is 37.4. The van der Waals surface area contributed by atoms with Crippen molar-refractivity contribution in [3.63, 3.8) is 0 Å². The maximum Gasteiger partial charge on any atom is 0.495 e. The molecular weight excluding hydrogens is 1680 g/mol. The van der Waals surface area contributed by atoms with Crippen LogP contribution >= 0.6 is 58.7 Å². The number of amides is 4. The molecule has 4 amide bonds. The number of carbonyl (C=O) groups excluding carboxylic acids is 2. The van der Waals surface area contributed by atoms with Crippen LogP contribution in [0.4, 0.5) is 80.8 Å². The molecule has 6 aliphatic heterocycles. The SMILES string of the molecule is CCOCC.CCOCC.CCOCC.Cc1ccc(NC(=O)N2CC[C@@H](CC(F)(F)F)C2)cc1-c1cc(N)nc(NC2CCOCC2)c1.Cc1ccc(NC(=O)N2CC[C@@H](CC(F)(F)F)C2)cc1B1OC(C)(C)C(C)(C)O1.NC1CCOCC1.Nc1cc(I)cc(F)n1.Nc1cc(I)cc(NC2CCCOC2)n1.S. The van der Waals surface area contributed by atoms with Crippen LogP contribution in [-0.2, 0) is 37.7 Å². The van der Waals surface area contributed by atoms with Gasteiger partial charge in [0.05, 0.1) is 23.9 Å². The first-order chi connectivity index (χ1) is 51.5. The molecule has 0 saturated carbocycles. The fourth-order valence-corrected chi connectivity index (χ4v) is 12.9. The number of rotatable bonds is 16. The molecule has 23 nitrogen and oxygen atoms in total. The summed E-state index contributed by atoms with van der Waals surface area (Å²) in [6.45, 7) is 34.4. The van der Waals surface area contributed by atoms with Crippen molar-refractivity contribution in [1.82, 2.24) is 24.8 Å². The minimum absolute atomic E-state index is 0. The number of alkyl halides is 6. The van der Waals surface area contributed by atoms with Gasteiger partial charge < -0.3 is 91.7 Å². The van der Waals surface area contributed by atoms with Crippen LogP contribution in [-0.4, -0.2) is 191 Å². The first-order valence-corrected chi connectivity index (χ1v) is 39.5. The summed E-state index contributed by atoms with van der Waals surface area (Å²) in [6, 6.07) is 21.7. The van der Waals surface area contributed by atoms with Crippen molar-refractivity contribution >= 4 is 124 Å². The van der Waals surface area contributed by atoms with Crippen LogP contribution in [0.2, 0.25) is 0 Å². The fourth-order valence-electron chi connectivity index (χ4n) is 11.7. The lowest BCUT2D eigenvalue weighted by atomic mass is 9.76. The molecule has 0 spiro atoms. The number of benzene rings is 2. The number of ether oxygens (including phenoxy) is 6. The second-order valence-corrected chi connectivity index (χ2v) is 30.1. The molecule has 11 rings (SSSR count). The number of anilines is 7. The van der Waals surface area contributed by atoms with Crippen molar-refractivity contribution in [2.75, 3.05) is 144 Å². The van der Waals surface area contributed by atoms with Crippen LogP contribution in [0.25, 0.3) is 11.1 Å². The highest BCUT2D eigenvalue weighted by atomic mass is 127. The van der Waals surface area contributed by atoms with Gasteiger partial charge in [-0.1, -0.05) is 17.7 Å². The average Bonchev–Trinajstić information content (AvgIpc) is 1.61. The lowest BCUT2D eigenvalue weighted by molar-refractivity contribution is -0.144. The number of nitrogen functional groups attached to an aromatic ring is 3. The minimum Gasteiger partial charge on any atom is -0.399 e. The Labute approximate surface area is 680 Å². The third-order valence-corrected chi connectivity index (χ3v) is 19.3. The molecule has 34 heteroatoms. The second kappa shape index (κ2) is 50.6. The van der Waals surface area contributed by atoms with E-state index in [1.807, 2.05) is 142 Å². The lowest BCUT2D eigenvalue weighted by Crippen LogP contribution is -2.41. The van der Waals surface area contributed by atoms with E-state index < -0.39 is 73.4 Å². The van der Waals surface area contributed by atoms with Crippen LogP contribution in [0, 0.1) is 38.8 Å². The molecular formula is C76H119BF7I2N13O10S. The van der Waals surface area contributed by atoms with Crippen molar-refractivity contribution in [2.45, 2.75) is 189 Å². The summed E-state index contributed by atoms with van der Waals surface area (Å²) in [5.41, 5.74) is 27.2. The summed E-state index contributed by atoms with van der Waals surface area (Å²) < 4.78 is 132. The van der Waals surface area contributed by atoms with Gasteiger partial charge in [-0.25, -0.2) is 24.5 Å². The Balaban J connectivity index is 0.000000367. The van der Waals surface area contributed by atoms with Gasteiger partial charge in [-0.15, -0.1) is 0 Å². The highest BCUT2D eigenvalue weighted by molar-refractivity contribution is 14.1. The van der Waals surface area contributed by atoms with E-state index in [2.05, 4.69) is 58.8 Å². The number of aromatic nitrogens is 3. The van der Waals surface area contributed by atoms with Crippen molar-refractivity contribution in [1.29, 1.82) is 0 Å². The largest absolute Gasteiger partial charge is 0.495 e. The number of hydrogen-bond donors (Lipinski definition) is 8. The van der Waals surface area contributed by atoms with E-state index in [0.29, 0.717) is 80.1 Å². The fraction of sp³-hybridized carbons (Fsp3) is 0.618. The summed E-state index contributed by atoms with van der Waals surface area (Å²) in [5.74, 6) is 1.06. The topological polar surface area (TPSA) is 305 Å². The molecule has 3 aromatic heterocycles. The number of nitrogens with two attached hydrogens (primary N) is 4. The number of carbonyl (C=O) groups is 2. The van der Waals surface area contributed by atoms with Crippen molar-refractivity contribution in [3.05, 3.63) is 97.0 Å². The molecule has 110 heavy (non-hydrogen) atoms. The highest BCUT2D eigenvalue weighted by Crippen LogP contribution is 2.38. The van der Waals surface area contributed by atoms with Gasteiger partial charge in [-0.05, 0) is 268 Å². The van der Waals surface area contributed by atoms with Gasteiger partial charge in [0.2, 0.25) is 5.95 Å². The molecule has 620 valence electrons. The molecule has 5 aromatic rings. The molecule has 0 radical (unpaired) electrons. The molecule has 6 saturated heterocycles. The van der Waals surface area contributed by atoms with E-state index in [-0.39, 0.29) is 38.4 Å². The van der Waals surface area contributed by atoms with Gasteiger partial charge in [0.1, 0.15) is 29.1 Å². The van der Waals surface area contributed by atoms with E-state index in [1.54, 1.807) is 30.3 Å². The Bertz CT molecular complexity index is 3370. The number of halogens is 9. The number of hydrogen-bond acceptors (Lipinski definition) is 19. The molecule has 3 atom stereocenters. The lowest BCUT2D eigenvalue weighted by Gasteiger charge is -2.32. The normalized spacial score (nSPS) is 18.6. The zero-order valence-electron chi connectivity index (χ0n) is 65.8. The average molecular weight is 1800 g/mol. The van der Waals surface area contributed by atoms with Crippen LogP contribution < -0.4 is 49.7 Å². The Hall–Kier alpha value is -5.55. The number of likely N-dealkylation sites (tertiary alicyclic amines) is 2. The van der Waals surface area contributed by atoms with Gasteiger partial charge >= 0.3 is 31.5 Å². The Morgan fingerprint density at radius 2 is 1.00 bits per heavy atom. The van der Waals surface area contributed by atoms with E-state index in [9.17, 15) is 40.3 Å². The quantitative estimate of drug-likeness (QED) is 0.0197. The molecule has 9 heterocycles. The number of pyridine rings is 3. The van der Waals surface area contributed by atoms with Crippen LogP contribution in [0.15, 0.2) is 72.8 Å². The number of aryl methyl sites for hydroxylation is 2. The summed E-state index contributed by atoms with van der Waals surface area (Å²) in [6.07, 6.45) is -3.30. The maximum atomic E-state index is 12.7. The summed E-state index contributed by atoms with van der Waals surface area (Å²) in [7, 11) is -0.556. The monoisotopic (exact) mass is 1800 g/mol. The second-order valence-electron chi connectivity index (χ2n) is 27.6. The van der Waals surface area contributed by atoms with Gasteiger partial charge in [0, 0.05) is 148 Å². The smallest absolute Gasteiger partial charge is 0.399 e. The molecule has 0 aliphatic carbocycles. The molecule has 6 aliphatic rings. The number of nitrogens with one attached hydrogen (secondary N) is 4. The number of urea groups is 2.